The van der Waals surface area contributed by atoms with Gasteiger partial charge in [0.1, 0.15) is 31.4 Å². The van der Waals surface area contributed by atoms with Crippen LogP contribution in [0.15, 0.2) is 115 Å². The maximum Gasteiger partial charge on any atom is 0.408 e. The number of nitrogens with one attached hydrogen (secondary N) is 4. The van der Waals surface area contributed by atoms with Crippen LogP contribution in [0.4, 0.5) is 9.59 Å². The second kappa shape index (κ2) is 24.4. The summed E-state index contributed by atoms with van der Waals surface area (Å²) in [5, 5.41) is 19.4. The summed E-state index contributed by atoms with van der Waals surface area (Å²) >= 11 is 0. The molecule has 322 valence electrons. The minimum Gasteiger partial charge on any atom is -0.459 e. The predicted molar refractivity (Wildman–Crippen MR) is 229 cm³/mol. The van der Waals surface area contributed by atoms with E-state index in [1.54, 1.807) is 63.9 Å². The molecule has 4 N–H and O–H groups in total. The first-order valence-corrected chi connectivity index (χ1v) is 20.4. The second-order valence-electron chi connectivity index (χ2n) is 15.2. The summed E-state index contributed by atoms with van der Waals surface area (Å²) in [4.78, 5) is 67.4. The fourth-order valence-corrected chi connectivity index (χ4v) is 6.27. The summed E-state index contributed by atoms with van der Waals surface area (Å²) in [6, 6.07) is 33.5. The highest BCUT2D eigenvalue weighted by atomic mass is 16.6. The van der Waals surface area contributed by atoms with E-state index in [0.717, 1.165) is 16.7 Å². The third kappa shape index (κ3) is 16.1. The van der Waals surface area contributed by atoms with E-state index in [4.69, 9.17) is 14.2 Å². The van der Waals surface area contributed by atoms with Crippen molar-refractivity contribution in [3.05, 3.63) is 143 Å². The van der Waals surface area contributed by atoms with Gasteiger partial charge in [0.2, 0.25) is 5.91 Å². The number of carbonyl (C=O) groups is 5. The molecule has 2 unspecified atom stereocenters. The predicted octanol–water partition coefficient (Wildman–Crippen LogP) is 6.34. The third-order valence-electron chi connectivity index (χ3n) is 9.64. The zero-order chi connectivity index (χ0) is 44.1. The van der Waals surface area contributed by atoms with Crippen molar-refractivity contribution in [3.8, 4) is 6.07 Å². The van der Waals surface area contributed by atoms with Crippen LogP contribution < -0.4 is 21.4 Å². The van der Waals surface area contributed by atoms with Crippen molar-refractivity contribution in [1.82, 2.24) is 26.4 Å². The molecule has 14 heteroatoms. The molecule has 0 radical (unpaired) electrons. The number of hydrogen-bond donors (Lipinski definition) is 4. The molecule has 0 aliphatic rings. The molecule has 4 atom stereocenters. The summed E-state index contributed by atoms with van der Waals surface area (Å²) in [6.45, 7) is 8.74. The molecule has 0 saturated carbocycles. The van der Waals surface area contributed by atoms with Crippen LogP contribution in [-0.2, 0) is 54.8 Å². The smallest absolute Gasteiger partial charge is 0.408 e. The van der Waals surface area contributed by atoms with Crippen molar-refractivity contribution >= 4 is 30.0 Å². The molecular weight excluding hydrogens is 777 g/mol. The lowest BCUT2D eigenvalue weighted by molar-refractivity contribution is -0.153. The molecule has 0 aromatic heterocycles. The Morgan fingerprint density at radius 3 is 1.56 bits per heavy atom. The zero-order valence-corrected chi connectivity index (χ0v) is 35.3. The van der Waals surface area contributed by atoms with Crippen LogP contribution in [0.3, 0.4) is 0 Å². The lowest BCUT2D eigenvalue weighted by atomic mass is 9.98. The number of ether oxygens (including phenoxy) is 3. The molecule has 0 bridgehead atoms. The summed E-state index contributed by atoms with van der Waals surface area (Å²) in [5.41, 5.74) is 6.45. The lowest BCUT2D eigenvalue weighted by Crippen LogP contribution is -2.60. The van der Waals surface area contributed by atoms with Crippen LogP contribution in [0.5, 0.6) is 0 Å². The Morgan fingerprint density at radius 2 is 1.10 bits per heavy atom. The zero-order valence-electron chi connectivity index (χ0n) is 35.3. The van der Waals surface area contributed by atoms with Crippen LogP contribution in [0.2, 0.25) is 0 Å². The highest BCUT2D eigenvalue weighted by Gasteiger charge is 2.34. The number of carbonyl (C=O) groups excluding carboxylic acids is 5. The van der Waals surface area contributed by atoms with Gasteiger partial charge in [-0.15, -0.1) is 0 Å². The van der Waals surface area contributed by atoms with Gasteiger partial charge in [-0.25, -0.2) is 14.6 Å². The third-order valence-corrected chi connectivity index (χ3v) is 9.64. The Kier molecular flexibility index (Phi) is 18.8. The number of hydrazine groups is 1. The fourth-order valence-electron chi connectivity index (χ4n) is 6.27. The maximum atomic E-state index is 14.2. The highest BCUT2D eigenvalue weighted by molar-refractivity contribution is 5.86. The largest absolute Gasteiger partial charge is 0.459 e. The average molecular weight is 833 g/mol. The van der Waals surface area contributed by atoms with E-state index in [9.17, 15) is 29.2 Å². The number of rotatable bonds is 21. The molecular formula is C47H56N6O8. The van der Waals surface area contributed by atoms with Crippen molar-refractivity contribution < 1.29 is 38.2 Å². The van der Waals surface area contributed by atoms with Crippen LogP contribution in [0.25, 0.3) is 0 Å². The van der Waals surface area contributed by atoms with E-state index in [-0.39, 0.29) is 51.0 Å². The van der Waals surface area contributed by atoms with Gasteiger partial charge in [0.05, 0.1) is 24.2 Å². The van der Waals surface area contributed by atoms with Crippen molar-refractivity contribution in [3.63, 3.8) is 0 Å². The van der Waals surface area contributed by atoms with Gasteiger partial charge in [0.25, 0.3) is 5.91 Å². The van der Waals surface area contributed by atoms with Crippen LogP contribution in [-0.4, -0.2) is 65.8 Å². The van der Waals surface area contributed by atoms with Crippen molar-refractivity contribution in [1.29, 1.82) is 5.26 Å². The van der Waals surface area contributed by atoms with Crippen molar-refractivity contribution in [2.75, 3.05) is 6.54 Å². The number of hydrogen-bond acceptors (Lipinski definition) is 10. The SMILES string of the molecule is CCC(=O)OC(CN(Cc1ccc(C#N)cc1)NC(=O)[C@@H](NC(=O)OCc1ccccc1)C(C)C)C(Cc1ccccc1)NC(=O)[C@@H](NC(=O)OCc1ccccc1)C(C)C. The Bertz CT molecular complexity index is 2040. The van der Waals surface area contributed by atoms with E-state index in [1.165, 1.54) is 0 Å². The van der Waals surface area contributed by atoms with Crippen LogP contribution in [0.1, 0.15) is 68.9 Å². The van der Waals surface area contributed by atoms with E-state index in [1.807, 2.05) is 91.0 Å². The molecule has 0 heterocycles. The van der Waals surface area contributed by atoms with E-state index in [2.05, 4.69) is 27.4 Å². The van der Waals surface area contributed by atoms with Gasteiger partial charge < -0.3 is 30.2 Å². The van der Waals surface area contributed by atoms with Gasteiger partial charge >= 0.3 is 18.2 Å². The molecule has 0 saturated heterocycles. The van der Waals surface area contributed by atoms with Gasteiger partial charge in [0.15, 0.2) is 0 Å². The molecule has 14 nitrogen and oxygen atoms in total. The molecule has 4 aromatic carbocycles. The highest BCUT2D eigenvalue weighted by Crippen LogP contribution is 2.16. The molecule has 4 aromatic rings. The summed E-state index contributed by atoms with van der Waals surface area (Å²) in [5.74, 6) is -2.40. The first kappa shape index (κ1) is 47.0. The maximum absolute atomic E-state index is 14.2. The Labute approximate surface area is 357 Å². The van der Waals surface area contributed by atoms with Crippen molar-refractivity contribution in [2.45, 2.75) is 91.4 Å². The monoisotopic (exact) mass is 832 g/mol. The summed E-state index contributed by atoms with van der Waals surface area (Å²) < 4.78 is 16.9. The fraction of sp³-hybridized carbons (Fsp3) is 0.362. The number of amides is 4. The summed E-state index contributed by atoms with van der Waals surface area (Å²) in [7, 11) is 0. The summed E-state index contributed by atoms with van der Waals surface area (Å²) in [6.07, 6.45) is -2.39. The van der Waals surface area contributed by atoms with Gasteiger partial charge in [-0.1, -0.05) is 138 Å². The molecule has 0 aliphatic heterocycles. The van der Waals surface area contributed by atoms with Crippen LogP contribution in [0, 0.1) is 23.2 Å². The van der Waals surface area contributed by atoms with E-state index >= 15 is 0 Å². The van der Waals surface area contributed by atoms with Gasteiger partial charge in [-0.05, 0) is 52.6 Å². The van der Waals surface area contributed by atoms with E-state index in [0.29, 0.717) is 11.1 Å². The first-order chi connectivity index (χ1) is 29.3. The molecule has 4 rings (SSSR count). The second-order valence-corrected chi connectivity index (χ2v) is 15.2. The topological polar surface area (TPSA) is 188 Å². The standard InChI is InChI=1S/C47H56N6O8/c1-6-41(54)61-40(39(26-34-16-10-7-11-17-34)49-44(55)42(32(2)3)50-46(57)59-30-37-18-12-8-13-19-37)29-53(28-36-24-22-35(27-48)23-25-36)52-45(56)43(33(4)5)51-47(58)60-31-38-20-14-9-15-21-38/h7-25,32-33,39-40,42-43H,6,26,28-31H2,1-5H3,(H,49,55)(H,50,57)(H,51,58)(H,52,56)/t39?,40?,42-,43-/m0/s1. The molecule has 0 spiro atoms. The Hall–Kier alpha value is -6.72. The van der Waals surface area contributed by atoms with Gasteiger partial charge in [0, 0.05) is 13.0 Å². The average Bonchev–Trinajstić information content (AvgIpc) is 3.26. The Morgan fingerprint density at radius 1 is 0.623 bits per heavy atom. The minimum atomic E-state index is -1.06. The number of alkyl carbamates (subject to hydrolysis) is 2. The quantitative estimate of drug-likeness (QED) is 0.0419. The molecule has 0 aliphatic carbocycles. The molecule has 4 amide bonds. The van der Waals surface area contributed by atoms with E-state index < -0.39 is 54.2 Å². The van der Waals surface area contributed by atoms with Gasteiger partial charge in [-0.3, -0.25) is 19.8 Å². The minimum absolute atomic E-state index is 0.00494. The van der Waals surface area contributed by atoms with Crippen molar-refractivity contribution in [2.24, 2.45) is 11.8 Å². The molecule has 61 heavy (non-hydrogen) atoms. The number of benzene rings is 4. The van der Waals surface area contributed by atoms with Crippen LogP contribution >= 0.6 is 0 Å². The van der Waals surface area contributed by atoms with Gasteiger partial charge in [-0.2, -0.15) is 5.26 Å². The Balaban J connectivity index is 1.63. The number of nitriles is 1. The number of nitrogens with zero attached hydrogens (tertiary/aromatic N) is 2. The normalized spacial score (nSPS) is 12.9. The lowest BCUT2D eigenvalue weighted by Gasteiger charge is -2.35. The molecule has 0 fully saturated rings. The number of esters is 1. The first-order valence-electron chi connectivity index (χ1n) is 20.4.